The van der Waals surface area contributed by atoms with Crippen molar-refractivity contribution in [2.24, 2.45) is 0 Å². The predicted molar refractivity (Wildman–Crippen MR) is 130 cm³/mol. The molecule has 31 heavy (non-hydrogen) atoms. The van der Waals surface area contributed by atoms with Crippen LogP contribution >= 0.6 is 23.2 Å². The molecule has 1 aliphatic rings. The first-order chi connectivity index (χ1) is 14.9. The number of hydrogen-bond donors (Lipinski definition) is 2. The topological polar surface area (TPSA) is 61.4 Å². The van der Waals surface area contributed by atoms with Gasteiger partial charge < -0.3 is 10.2 Å². The van der Waals surface area contributed by atoms with Gasteiger partial charge in [0.15, 0.2) is 0 Å². The fraction of sp³-hybridized carbons (Fsp3) is 0.217. The van der Waals surface area contributed by atoms with E-state index in [1.54, 1.807) is 36.4 Å². The summed E-state index contributed by atoms with van der Waals surface area (Å²) in [5.41, 5.74) is 3.74. The van der Waals surface area contributed by atoms with E-state index in [-0.39, 0.29) is 5.75 Å². The van der Waals surface area contributed by atoms with Crippen LogP contribution in [0, 0.1) is 0 Å². The molecule has 3 aromatic carbocycles. The summed E-state index contributed by atoms with van der Waals surface area (Å²) in [5.74, 6) is -0.166. The van der Waals surface area contributed by atoms with Gasteiger partial charge in [-0.05, 0) is 48.0 Å². The zero-order chi connectivity index (χ0) is 21.8. The molecular weight excluding hydrogens is 453 g/mol. The molecule has 0 amide bonds. The highest BCUT2D eigenvalue weighted by atomic mass is 35.5. The van der Waals surface area contributed by atoms with Crippen molar-refractivity contribution >= 4 is 44.6 Å². The Labute approximate surface area is 193 Å². The zero-order valence-corrected chi connectivity index (χ0v) is 19.1. The van der Waals surface area contributed by atoms with Crippen molar-refractivity contribution in [2.45, 2.75) is 5.75 Å². The van der Waals surface area contributed by atoms with Crippen LogP contribution in [0.25, 0.3) is 11.1 Å². The molecule has 0 aromatic heterocycles. The molecule has 0 unspecified atom stereocenters. The van der Waals surface area contributed by atoms with E-state index in [1.165, 1.54) is 0 Å². The second-order valence-electron chi connectivity index (χ2n) is 7.44. The summed E-state index contributed by atoms with van der Waals surface area (Å²) in [6, 6.07) is 20.0. The summed E-state index contributed by atoms with van der Waals surface area (Å²) < 4.78 is 28.2. The van der Waals surface area contributed by atoms with Gasteiger partial charge in [-0.2, -0.15) is 0 Å². The molecule has 8 heteroatoms. The molecular formula is C23H23Cl2N3O2S. The van der Waals surface area contributed by atoms with Crippen molar-refractivity contribution in [2.75, 3.05) is 35.8 Å². The van der Waals surface area contributed by atoms with E-state index in [4.69, 9.17) is 23.2 Å². The van der Waals surface area contributed by atoms with Crippen LogP contribution < -0.4 is 14.9 Å². The van der Waals surface area contributed by atoms with Crippen molar-refractivity contribution in [1.29, 1.82) is 0 Å². The predicted octanol–water partition coefficient (Wildman–Crippen LogP) is 5.01. The van der Waals surface area contributed by atoms with Crippen LogP contribution in [0.5, 0.6) is 0 Å². The summed E-state index contributed by atoms with van der Waals surface area (Å²) >= 11 is 12.6. The summed E-state index contributed by atoms with van der Waals surface area (Å²) in [7, 11) is -3.60. The van der Waals surface area contributed by atoms with Crippen molar-refractivity contribution in [3.63, 3.8) is 0 Å². The van der Waals surface area contributed by atoms with Gasteiger partial charge in [0.1, 0.15) is 0 Å². The molecule has 0 saturated carbocycles. The summed E-state index contributed by atoms with van der Waals surface area (Å²) in [5, 5.41) is 4.40. The Bertz CT molecular complexity index is 1160. The lowest BCUT2D eigenvalue weighted by Gasteiger charge is -2.29. The average molecular weight is 476 g/mol. The van der Waals surface area contributed by atoms with Crippen molar-refractivity contribution in [1.82, 2.24) is 5.32 Å². The lowest BCUT2D eigenvalue weighted by molar-refractivity contribution is 0.589. The highest BCUT2D eigenvalue weighted by Gasteiger charge is 2.16. The van der Waals surface area contributed by atoms with E-state index in [2.05, 4.69) is 14.9 Å². The molecule has 3 aromatic rings. The Balaban J connectivity index is 1.49. The average Bonchev–Trinajstić information content (AvgIpc) is 2.76. The Morgan fingerprint density at radius 1 is 0.871 bits per heavy atom. The Hall–Kier alpha value is -2.25. The summed E-state index contributed by atoms with van der Waals surface area (Å²) in [6.07, 6.45) is 0. The Morgan fingerprint density at radius 3 is 2.26 bits per heavy atom. The van der Waals surface area contributed by atoms with Crippen molar-refractivity contribution in [3.05, 3.63) is 82.3 Å². The molecule has 1 fully saturated rings. The van der Waals surface area contributed by atoms with Gasteiger partial charge in [0.2, 0.25) is 10.0 Å². The van der Waals surface area contributed by atoms with Gasteiger partial charge in [0.25, 0.3) is 0 Å². The highest BCUT2D eigenvalue weighted by Crippen LogP contribution is 2.34. The normalized spacial score (nSPS) is 14.5. The van der Waals surface area contributed by atoms with Gasteiger partial charge in [-0.1, -0.05) is 47.5 Å². The van der Waals surface area contributed by atoms with Crippen LogP contribution in [0.3, 0.4) is 0 Å². The van der Waals surface area contributed by atoms with Gasteiger partial charge in [0, 0.05) is 58.7 Å². The van der Waals surface area contributed by atoms with Crippen LogP contribution in [-0.2, 0) is 15.8 Å². The monoisotopic (exact) mass is 475 g/mol. The Morgan fingerprint density at radius 2 is 1.55 bits per heavy atom. The van der Waals surface area contributed by atoms with Crippen LogP contribution in [0.15, 0.2) is 66.7 Å². The minimum Gasteiger partial charge on any atom is -0.369 e. The van der Waals surface area contributed by atoms with Crippen LogP contribution in [0.1, 0.15) is 5.56 Å². The van der Waals surface area contributed by atoms with E-state index in [0.29, 0.717) is 26.9 Å². The molecule has 0 atom stereocenters. The maximum atomic E-state index is 12.8. The molecule has 1 heterocycles. The van der Waals surface area contributed by atoms with E-state index < -0.39 is 10.0 Å². The first-order valence-corrected chi connectivity index (χ1v) is 12.4. The minimum absolute atomic E-state index is 0.166. The van der Waals surface area contributed by atoms with Crippen molar-refractivity contribution < 1.29 is 8.42 Å². The third-order valence-corrected chi connectivity index (χ3v) is 7.09. The quantitative estimate of drug-likeness (QED) is 0.525. The summed E-state index contributed by atoms with van der Waals surface area (Å²) in [6.45, 7) is 3.78. The number of benzene rings is 3. The van der Waals surface area contributed by atoms with Crippen LogP contribution in [0.2, 0.25) is 10.0 Å². The second kappa shape index (κ2) is 9.49. The lowest BCUT2D eigenvalue weighted by atomic mass is 10.0. The number of sulfonamides is 1. The fourth-order valence-corrected chi connectivity index (χ4v) is 5.29. The number of rotatable bonds is 6. The maximum Gasteiger partial charge on any atom is 0.236 e. The number of halogens is 2. The summed E-state index contributed by atoms with van der Waals surface area (Å²) in [4.78, 5) is 2.28. The molecule has 2 N–H and O–H groups in total. The van der Waals surface area contributed by atoms with Crippen LogP contribution in [-0.4, -0.2) is 34.6 Å². The second-order valence-corrected chi connectivity index (χ2v) is 9.98. The first-order valence-electron chi connectivity index (χ1n) is 10.0. The molecule has 5 nitrogen and oxygen atoms in total. The van der Waals surface area contributed by atoms with E-state index in [9.17, 15) is 8.42 Å². The minimum atomic E-state index is -3.60. The molecule has 0 spiro atoms. The fourth-order valence-electron chi connectivity index (χ4n) is 3.65. The smallest absolute Gasteiger partial charge is 0.236 e. The maximum absolute atomic E-state index is 12.8. The SMILES string of the molecule is O=S(=O)(Cc1ccc(Cl)c(-c2ccccc2Cl)c1)Nc1ccc(N2CCNCC2)cc1. The number of piperazine rings is 1. The number of anilines is 2. The van der Waals surface area contributed by atoms with Gasteiger partial charge in [-0.3, -0.25) is 4.72 Å². The van der Waals surface area contributed by atoms with Gasteiger partial charge in [-0.25, -0.2) is 8.42 Å². The van der Waals surface area contributed by atoms with E-state index >= 15 is 0 Å². The van der Waals surface area contributed by atoms with E-state index in [0.717, 1.165) is 37.4 Å². The number of nitrogens with one attached hydrogen (secondary N) is 2. The third-order valence-electron chi connectivity index (χ3n) is 5.17. The molecule has 0 aliphatic carbocycles. The van der Waals surface area contributed by atoms with Crippen LogP contribution in [0.4, 0.5) is 11.4 Å². The third kappa shape index (κ3) is 5.52. The van der Waals surface area contributed by atoms with Crippen molar-refractivity contribution in [3.8, 4) is 11.1 Å². The van der Waals surface area contributed by atoms with Gasteiger partial charge >= 0.3 is 0 Å². The number of hydrogen-bond acceptors (Lipinski definition) is 4. The van der Waals surface area contributed by atoms with Gasteiger partial charge in [0.05, 0.1) is 5.75 Å². The molecule has 1 saturated heterocycles. The lowest BCUT2D eigenvalue weighted by Crippen LogP contribution is -2.43. The molecule has 0 radical (unpaired) electrons. The molecule has 0 bridgehead atoms. The first kappa shape index (κ1) is 22.0. The molecule has 1 aliphatic heterocycles. The Kier molecular flexibility index (Phi) is 6.72. The highest BCUT2D eigenvalue weighted by molar-refractivity contribution is 7.91. The molecule has 162 valence electrons. The zero-order valence-electron chi connectivity index (χ0n) is 16.8. The van der Waals surface area contributed by atoms with Gasteiger partial charge in [-0.15, -0.1) is 0 Å². The molecule has 4 rings (SSSR count). The largest absolute Gasteiger partial charge is 0.369 e. The van der Waals surface area contributed by atoms with E-state index in [1.807, 2.05) is 30.3 Å². The standard InChI is InChI=1S/C23H23Cl2N3O2S/c24-22-4-2-1-3-20(22)21-15-17(5-10-23(21)25)16-31(29,30)27-18-6-8-19(9-7-18)28-13-11-26-12-14-28/h1-10,15,26-27H,11-14,16H2. The number of nitrogens with zero attached hydrogens (tertiary/aromatic N) is 1.